The zero-order valence-corrected chi connectivity index (χ0v) is 20.0. The van der Waals surface area contributed by atoms with Gasteiger partial charge in [-0.15, -0.1) is 11.8 Å². The first-order valence-electron chi connectivity index (χ1n) is 11.0. The van der Waals surface area contributed by atoms with Gasteiger partial charge < -0.3 is 15.0 Å². The molecule has 2 aromatic carbocycles. The number of carbonyl (C=O) groups is 1. The Morgan fingerprint density at radius 1 is 1.16 bits per heavy atom. The number of thioether (sulfide) groups is 1. The third kappa shape index (κ3) is 4.66. The lowest BCUT2D eigenvalue weighted by molar-refractivity contribution is -0.115. The number of carbonyl (C=O) groups excluding carboxylic acids is 1. The van der Waals surface area contributed by atoms with Crippen molar-refractivity contribution in [3.63, 3.8) is 0 Å². The van der Waals surface area contributed by atoms with Crippen LogP contribution in [0.3, 0.4) is 0 Å². The molecule has 0 unspecified atom stereocenters. The number of ether oxygens (including phenoxy) is 1. The molecule has 7 nitrogen and oxygen atoms in total. The molecule has 1 saturated heterocycles. The summed E-state index contributed by atoms with van der Waals surface area (Å²) < 4.78 is 33.1. The van der Waals surface area contributed by atoms with E-state index in [0.717, 1.165) is 10.6 Å². The molecule has 0 saturated carbocycles. The molecule has 2 aliphatic heterocycles. The highest BCUT2D eigenvalue weighted by Crippen LogP contribution is 2.38. The van der Waals surface area contributed by atoms with Crippen molar-refractivity contribution in [3.05, 3.63) is 48.0 Å². The zero-order chi connectivity index (χ0) is 22.7. The molecule has 172 valence electrons. The minimum atomic E-state index is -3.64. The quantitative estimate of drug-likeness (QED) is 0.663. The Bertz CT molecular complexity index is 1060. The number of nitrogens with one attached hydrogen (secondary N) is 1. The SMILES string of the molecule is CCN(CC)S(=O)(=O)c1ccc(N2CCOCC2)c(NC(=O)[C@@H]2Cc3ccccc3S2)c1. The molecule has 2 aliphatic rings. The maximum Gasteiger partial charge on any atom is 0.243 e. The molecule has 1 fully saturated rings. The zero-order valence-electron chi connectivity index (χ0n) is 18.4. The third-order valence-electron chi connectivity index (χ3n) is 5.86. The number of rotatable bonds is 7. The lowest BCUT2D eigenvalue weighted by Gasteiger charge is -2.31. The van der Waals surface area contributed by atoms with Crippen molar-refractivity contribution >= 4 is 39.1 Å². The van der Waals surface area contributed by atoms with E-state index in [9.17, 15) is 13.2 Å². The molecule has 1 N–H and O–H groups in total. The first-order valence-corrected chi connectivity index (χ1v) is 13.3. The molecule has 0 spiro atoms. The van der Waals surface area contributed by atoms with Gasteiger partial charge in [-0.3, -0.25) is 4.79 Å². The van der Waals surface area contributed by atoms with Crippen LogP contribution in [-0.2, 0) is 26.0 Å². The fraction of sp³-hybridized carbons (Fsp3) is 0.435. The van der Waals surface area contributed by atoms with E-state index in [1.54, 1.807) is 30.0 Å². The van der Waals surface area contributed by atoms with Crippen LogP contribution in [0.25, 0.3) is 0 Å². The van der Waals surface area contributed by atoms with Gasteiger partial charge in [0, 0.05) is 31.1 Å². The van der Waals surface area contributed by atoms with E-state index in [0.29, 0.717) is 51.5 Å². The average Bonchev–Trinajstić information content (AvgIpc) is 3.25. The highest BCUT2D eigenvalue weighted by atomic mass is 32.2. The van der Waals surface area contributed by atoms with Crippen LogP contribution >= 0.6 is 11.8 Å². The Kier molecular flexibility index (Phi) is 7.09. The van der Waals surface area contributed by atoms with Crippen LogP contribution in [0.5, 0.6) is 0 Å². The molecule has 0 aromatic heterocycles. The van der Waals surface area contributed by atoms with Crippen molar-refractivity contribution in [1.29, 1.82) is 0 Å². The minimum absolute atomic E-state index is 0.113. The Labute approximate surface area is 194 Å². The second kappa shape index (κ2) is 9.82. The highest BCUT2D eigenvalue weighted by molar-refractivity contribution is 8.01. The molecule has 1 atom stereocenters. The lowest BCUT2D eigenvalue weighted by atomic mass is 10.1. The van der Waals surface area contributed by atoms with Gasteiger partial charge in [0.2, 0.25) is 15.9 Å². The first-order chi connectivity index (χ1) is 15.4. The number of hydrogen-bond donors (Lipinski definition) is 1. The second-order valence-electron chi connectivity index (χ2n) is 7.78. The molecule has 9 heteroatoms. The van der Waals surface area contributed by atoms with Gasteiger partial charge >= 0.3 is 0 Å². The predicted octanol–water partition coefficient (Wildman–Crippen LogP) is 3.21. The topological polar surface area (TPSA) is 79.0 Å². The van der Waals surface area contributed by atoms with Gasteiger partial charge in [-0.25, -0.2) is 8.42 Å². The van der Waals surface area contributed by atoms with Crippen molar-refractivity contribution in [2.45, 2.75) is 35.3 Å². The molecule has 4 rings (SSSR count). The molecule has 2 heterocycles. The Morgan fingerprint density at radius 2 is 1.88 bits per heavy atom. The standard InChI is InChI=1S/C23H29N3O4S2/c1-3-26(4-2)32(28,29)18-9-10-20(25-11-13-30-14-12-25)19(16-18)24-23(27)22-15-17-7-5-6-8-21(17)31-22/h5-10,16,22H,3-4,11-15H2,1-2H3,(H,24,27)/t22-/m0/s1. The Hall–Kier alpha value is -2.07. The normalized spacial score (nSPS) is 18.6. The van der Waals surface area contributed by atoms with E-state index in [2.05, 4.69) is 10.2 Å². The molecule has 1 amide bonds. The van der Waals surface area contributed by atoms with Crippen LogP contribution in [0.2, 0.25) is 0 Å². The van der Waals surface area contributed by atoms with Gasteiger partial charge in [0.1, 0.15) is 0 Å². The summed E-state index contributed by atoms with van der Waals surface area (Å²) in [6.45, 7) is 7.00. The Morgan fingerprint density at radius 3 is 2.56 bits per heavy atom. The van der Waals surface area contributed by atoms with Gasteiger partial charge in [0.15, 0.2) is 0 Å². The number of benzene rings is 2. The number of amides is 1. The summed E-state index contributed by atoms with van der Waals surface area (Å²) in [5.41, 5.74) is 2.52. The second-order valence-corrected chi connectivity index (χ2v) is 11.0. The van der Waals surface area contributed by atoms with E-state index in [4.69, 9.17) is 4.74 Å². The van der Waals surface area contributed by atoms with Gasteiger partial charge in [-0.05, 0) is 36.2 Å². The van der Waals surface area contributed by atoms with Crippen molar-refractivity contribution < 1.29 is 17.9 Å². The summed E-state index contributed by atoms with van der Waals surface area (Å²) in [7, 11) is -3.64. The first kappa shape index (κ1) is 23.1. The number of anilines is 2. The highest BCUT2D eigenvalue weighted by Gasteiger charge is 2.30. The van der Waals surface area contributed by atoms with Gasteiger partial charge in [0.25, 0.3) is 0 Å². The largest absolute Gasteiger partial charge is 0.378 e. The van der Waals surface area contributed by atoms with Crippen molar-refractivity contribution in [2.24, 2.45) is 0 Å². The van der Waals surface area contributed by atoms with Crippen LogP contribution in [0, 0.1) is 0 Å². The number of sulfonamides is 1. The smallest absolute Gasteiger partial charge is 0.243 e. The van der Waals surface area contributed by atoms with E-state index in [-0.39, 0.29) is 16.1 Å². The summed E-state index contributed by atoms with van der Waals surface area (Å²) in [6, 6.07) is 13.1. The third-order valence-corrected chi connectivity index (χ3v) is 9.22. The molecular formula is C23H29N3O4S2. The summed E-state index contributed by atoms with van der Waals surface area (Å²) in [4.78, 5) is 16.6. The monoisotopic (exact) mass is 475 g/mol. The summed E-state index contributed by atoms with van der Waals surface area (Å²) in [5, 5.41) is 2.80. The van der Waals surface area contributed by atoms with Crippen molar-refractivity contribution in [1.82, 2.24) is 4.31 Å². The fourth-order valence-corrected chi connectivity index (χ4v) is 6.79. The van der Waals surface area contributed by atoms with Crippen LogP contribution in [0.1, 0.15) is 19.4 Å². The van der Waals surface area contributed by atoms with Crippen molar-refractivity contribution in [3.8, 4) is 0 Å². The maximum atomic E-state index is 13.2. The molecule has 0 bridgehead atoms. The molecule has 32 heavy (non-hydrogen) atoms. The van der Waals surface area contributed by atoms with Gasteiger partial charge in [0.05, 0.1) is 34.7 Å². The average molecular weight is 476 g/mol. The van der Waals surface area contributed by atoms with E-state index >= 15 is 0 Å². The lowest BCUT2D eigenvalue weighted by Crippen LogP contribution is -2.37. The van der Waals surface area contributed by atoms with Crippen LogP contribution < -0.4 is 10.2 Å². The fourth-order valence-electron chi connectivity index (χ4n) is 4.11. The van der Waals surface area contributed by atoms with Gasteiger partial charge in [-0.1, -0.05) is 32.0 Å². The van der Waals surface area contributed by atoms with Crippen LogP contribution in [0.15, 0.2) is 52.3 Å². The summed E-state index contributed by atoms with van der Waals surface area (Å²) >= 11 is 1.55. The number of morpholine rings is 1. The Balaban J connectivity index is 1.64. The number of fused-ring (bicyclic) bond motifs is 1. The number of hydrogen-bond acceptors (Lipinski definition) is 6. The van der Waals surface area contributed by atoms with Gasteiger partial charge in [-0.2, -0.15) is 4.31 Å². The van der Waals surface area contributed by atoms with E-state index in [1.165, 1.54) is 9.87 Å². The number of nitrogens with zero attached hydrogens (tertiary/aromatic N) is 2. The predicted molar refractivity (Wildman–Crippen MR) is 128 cm³/mol. The van der Waals surface area contributed by atoms with E-state index in [1.807, 2.05) is 38.1 Å². The van der Waals surface area contributed by atoms with Crippen LogP contribution in [0.4, 0.5) is 11.4 Å². The molecule has 0 radical (unpaired) electrons. The molecule has 2 aromatic rings. The van der Waals surface area contributed by atoms with Crippen molar-refractivity contribution in [2.75, 3.05) is 49.6 Å². The van der Waals surface area contributed by atoms with Crippen LogP contribution in [-0.4, -0.2) is 63.3 Å². The summed E-state index contributed by atoms with van der Waals surface area (Å²) in [5.74, 6) is -0.113. The maximum absolute atomic E-state index is 13.2. The molecular weight excluding hydrogens is 446 g/mol. The summed E-state index contributed by atoms with van der Waals surface area (Å²) in [6.07, 6.45) is 0.664. The minimum Gasteiger partial charge on any atom is -0.378 e. The molecule has 0 aliphatic carbocycles. The van der Waals surface area contributed by atoms with E-state index < -0.39 is 10.0 Å².